The fourth-order valence-corrected chi connectivity index (χ4v) is 4.53. The molecular formula is C18H33IN4OS. The third-order valence-electron chi connectivity index (χ3n) is 5.30. The van der Waals surface area contributed by atoms with Crippen LogP contribution in [0.15, 0.2) is 11.2 Å². The number of halogens is 1. The first kappa shape index (κ1) is 22.6. The van der Waals surface area contributed by atoms with Gasteiger partial charge in [0.2, 0.25) is 0 Å². The molecule has 0 aromatic carbocycles. The van der Waals surface area contributed by atoms with Crippen LogP contribution in [0.5, 0.6) is 0 Å². The average molecular weight is 480 g/mol. The summed E-state index contributed by atoms with van der Waals surface area (Å²) in [7, 11) is 1.83. The fourth-order valence-electron chi connectivity index (χ4n) is 3.75. The summed E-state index contributed by atoms with van der Waals surface area (Å²) in [6.45, 7) is 10.3. The number of nitrogens with one attached hydrogen (secondary N) is 2. The van der Waals surface area contributed by atoms with E-state index in [2.05, 4.69) is 48.3 Å². The Morgan fingerprint density at radius 3 is 2.64 bits per heavy atom. The van der Waals surface area contributed by atoms with Crippen molar-refractivity contribution < 1.29 is 4.74 Å². The van der Waals surface area contributed by atoms with Gasteiger partial charge in [-0.25, -0.2) is 4.98 Å². The van der Waals surface area contributed by atoms with Crippen LogP contribution in [0.3, 0.4) is 0 Å². The summed E-state index contributed by atoms with van der Waals surface area (Å²) in [6.07, 6.45) is 6.54. The predicted molar refractivity (Wildman–Crippen MR) is 117 cm³/mol. The van der Waals surface area contributed by atoms with Gasteiger partial charge >= 0.3 is 0 Å². The highest BCUT2D eigenvalue weighted by molar-refractivity contribution is 14.0. The SMILES string of the molecule is CCOC1CC(NC(=NC)NCCc2ncc(C)s2)C1(CC)CC.I. The van der Waals surface area contributed by atoms with E-state index in [1.807, 2.05) is 13.2 Å². The number of aromatic nitrogens is 1. The molecule has 2 unspecified atom stereocenters. The highest BCUT2D eigenvalue weighted by atomic mass is 127. The highest BCUT2D eigenvalue weighted by Crippen LogP contribution is 2.48. The number of aryl methyl sites for hydroxylation is 1. The molecule has 0 radical (unpaired) electrons. The number of hydrogen-bond acceptors (Lipinski definition) is 4. The molecule has 1 aromatic rings. The highest BCUT2D eigenvalue weighted by Gasteiger charge is 2.53. The molecule has 5 nitrogen and oxygen atoms in total. The maximum Gasteiger partial charge on any atom is 0.191 e. The Hall–Kier alpha value is -0.410. The number of rotatable bonds is 8. The van der Waals surface area contributed by atoms with Gasteiger partial charge in [0.05, 0.1) is 11.1 Å². The minimum atomic E-state index is 0. The van der Waals surface area contributed by atoms with Crippen molar-refractivity contribution in [2.24, 2.45) is 10.4 Å². The molecule has 1 heterocycles. The Balaban J connectivity index is 0.00000312. The molecule has 1 aliphatic rings. The van der Waals surface area contributed by atoms with E-state index in [9.17, 15) is 0 Å². The molecule has 144 valence electrons. The normalized spacial score (nSPS) is 22.0. The molecule has 0 saturated heterocycles. The summed E-state index contributed by atoms with van der Waals surface area (Å²) in [5.74, 6) is 0.884. The second-order valence-corrected chi connectivity index (χ2v) is 7.75. The molecule has 1 fully saturated rings. The smallest absolute Gasteiger partial charge is 0.191 e. The van der Waals surface area contributed by atoms with E-state index in [4.69, 9.17) is 4.74 Å². The molecule has 0 spiro atoms. The minimum Gasteiger partial charge on any atom is -0.378 e. The summed E-state index contributed by atoms with van der Waals surface area (Å²) >= 11 is 1.76. The lowest BCUT2D eigenvalue weighted by molar-refractivity contribution is -0.133. The van der Waals surface area contributed by atoms with Crippen LogP contribution in [-0.2, 0) is 11.2 Å². The molecular weight excluding hydrogens is 447 g/mol. The first-order chi connectivity index (χ1) is 11.6. The van der Waals surface area contributed by atoms with Crippen molar-refractivity contribution in [2.75, 3.05) is 20.2 Å². The predicted octanol–water partition coefficient (Wildman–Crippen LogP) is 3.76. The lowest BCUT2D eigenvalue weighted by Crippen LogP contribution is -2.65. The third-order valence-corrected chi connectivity index (χ3v) is 6.28. The Morgan fingerprint density at radius 2 is 2.12 bits per heavy atom. The lowest BCUT2D eigenvalue weighted by atomic mass is 9.58. The van der Waals surface area contributed by atoms with Crippen molar-refractivity contribution in [3.63, 3.8) is 0 Å². The summed E-state index contributed by atoms with van der Waals surface area (Å²) in [4.78, 5) is 10.1. The molecule has 0 amide bonds. The summed E-state index contributed by atoms with van der Waals surface area (Å²) in [5, 5.41) is 8.21. The zero-order chi connectivity index (χ0) is 17.6. The van der Waals surface area contributed by atoms with Crippen LogP contribution in [0.25, 0.3) is 0 Å². The maximum atomic E-state index is 5.96. The van der Waals surface area contributed by atoms with Gasteiger partial charge in [-0.05, 0) is 33.1 Å². The van der Waals surface area contributed by atoms with Gasteiger partial charge in [0, 0.05) is 49.2 Å². The van der Waals surface area contributed by atoms with Crippen LogP contribution in [0, 0.1) is 12.3 Å². The van der Waals surface area contributed by atoms with E-state index >= 15 is 0 Å². The van der Waals surface area contributed by atoms with Crippen LogP contribution >= 0.6 is 35.3 Å². The van der Waals surface area contributed by atoms with Crippen LogP contribution < -0.4 is 10.6 Å². The molecule has 1 aromatic heterocycles. The van der Waals surface area contributed by atoms with E-state index in [-0.39, 0.29) is 29.4 Å². The van der Waals surface area contributed by atoms with Crippen molar-refractivity contribution in [3.05, 3.63) is 16.1 Å². The molecule has 2 rings (SSSR count). The van der Waals surface area contributed by atoms with Gasteiger partial charge in [-0.15, -0.1) is 35.3 Å². The average Bonchev–Trinajstić information content (AvgIpc) is 2.99. The second-order valence-electron chi connectivity index (χ2n) is 6.43. The Morgan fingerprint density at radius 1 is 1.40 bits per heavy atom. The monoisotopic (exact) mass is 480 g/mol. The van der Waals surface area contributed by atoms with E-state index < -0.39 is 0 Å². The molecule has 25 heavy (non-hydrogen) atoms. The fraction of sp³-hybridized carbons (Fsp3) is 0.778. The number of guanidine groups is 1. The van der Waals surface area contributed by atoms with E-state index in [0.29, 0.717) is 12.1 Å². The zero-order valence-electron chi connectivity index (χ0n) is 16.1. The van der Waals surface area contributed by atoms with Gasteiger partial charge in [0.15, 0.2) is 5.96 Å². The van der Waals surface area contributed by atoms with Crippen LogP contribution in [0.4, 0.5) is 0 Å². The number of ether oxygens (including phenoxy) is 1. The molecule has 2 atom stereocenters. The Bertz CT molecular complexity index is 545. The number of nitrogens with zero attached hydrogens (tertiary/aromatic N) is 2. The molecule has 2 N–H and O–H groups in total. The molecule has 1 saturated carbocycles. The van der Waals surface area contributed by atoms with Crippen LogP contribution in [0.1, 0.15) is 49.9 Å². The van der Waals surface area contributed by atoms with Crippen LogP contribution in [-0.4, -0.2) is 43.3 Å². The Labute approximate surface area is 173 Å². The first-order valence-corrected chi connectivity index (χ1v) is 9.91. The first-order valence-electron chi connectivity index (χ1n) is 9.09. The van der Waals surface area contributed by atoms with Crippen molar-refractivity contribution in [1.29, 1.82) is 0 Å². The molecule has 7 heteroatoms. The van der Waals surface area contributed by atoms with Gasteiger partial charge in [-0.2, -0.15) is 0 Å². The van der Waals surface area contributed by atoms with Gasteiger partial charge in [-0.3, -0.25) is 4.99 Å². The largest absolute Gasteiger partial charge is 0.378 e. The van der Waals surface area contributed by atoms with Gasteiger partial charge < -0.3 is 15.4 Å². The third kappa shape index (κ3) is 5.29. The topological polar surface area (TPSA) is 58.5 Å². The number of aliphatic imine (C=N–C) groups is 1. The number of thiazole rings is 1. The summed E-state index contributed by atoms with van der Waals surface area (Å²) < 4.78 is 5.96. The quantitative estimate of drug-likeness (QED) is 0.338. The van der Waals surface area contributed by atoms with Crippen molar-refractivity contribution in [1.82, 2.24) is 15.6 Å². The minimum absolute atomic E-state index is 0. The van der Waals surface area contributed by atoms with Gasteiger partial charge in [-0.1, -0.05) is 13.8 Å². The number of hydrogen-bond donors (Lipinski definition) is 2. The summed E-state index contributed by atoms with van der Waals surface area (Å²) in [5.41, 5.74) is 0.222. The van der Waals surface area contributed by atoms with E-state index in [1.54, 1.807) is 11.3 Å². The van der Waals surface area contributed by atoms with Crippen molar-refractivity contribution in [3.8, 4) is 0 Å². The lowest BCUT2D eigenvalue weighted by Gasteiger charge is -2.55. The molecule has 0 aliphatic heterocycles. The standard InChI is InChI=1S/C18H32N4OS.HI/c1-6-18(7-2)14(11-15(18)23-8-3)22-17(19-5)20-10-9-16-21-12-13(4)24-16;/h12,14-15H,6-11H2,1-5H3,(H2,19,20,22);1H. The zero-order valence-corrected chi connectivity index (χ0v) is 19.2. The molecule has 1 aliphatic carbocycles. The van der Waals surface area contributed by atoms with Crippen LogP contribution in [0.2, 0.25) is 0 Å². The second kappa shape index (κ2) is 10.7. The van der Waals surface area contributed by atoms with Gasteiger partial charge in [0.25, 0.3) is 0 Å². The Kier molecular flexibility index (Phi) is 9.66. The summed E-state index contributed by atoms with van der Waals surface area (Å²) in [6, 6.07) is 0.428. The van der Waals surface area contributed by atoms with E-state index in [0.717, 1.165) is 44.8 Å². The molecule has 0 bridgehead atoms. The van der Waals surface area contributed by atoms with Crippen molar-refractivity contribution in [2.45, 2.75) is 65.5 Å². The van der Waals surface area contributed by atoms with Crippen molar-refractivity contribution >= 4 is 41.3 Å². The maximum absolute atomic E-state index is 5.96. The van der Waals surface area contributed by atoms with E-state index in [1.165, 1.54) is 9.88 Å². The van der Waals surface area contributed by atoms with Gasteiger partial charge in [0.1, 0.15) is 0 Å².